The van der Waals surface area contributed by atoms with Crippen LogP contribution in [0, 0.1) is 0 Å². The molecule has 0 atom stereocenters. The van der Waals surface area contributed by atoms with Crippen LogP contribution in [0.2, 0.25) is 0 Å². The number of ketones is 1. The molecule has 0 spiro atoms. The molecule has 1 heterocycles. The van der Waals surface area contributed by atoms with Crippen molar-refractivity contribution in [2.24, 2.45) is 0 Å². The van der Waals surface area contributed by atoms with Crippen molar-refractivity contribution in [1.29, 1.82) is 0 Å². The number of hydrogen-bond acceptors (Lipinski definition) is 6. The summed E-state index contributed by atoms with van der Waals surface area (Å²) in [4.78, 5) is 24.5. The summed E-state index contributed by atoms with van der Waals surface area (Å²) in [6.45, 7) is 0.763. The first-order chi connectivity index (χ1) is 14.9. The molecule has 31 heavy (non-hydrogen) atoms. The lowest BCUT2D eigenvalue weighted by Gasteiger charge is -2.25. The van der Waals surface area contributed by atoms with E-state index in [2.05, 4.69) is 0 Å². The molecule has 166 valence electrons. The van der Waals surface area contributed by atoms with E-state index >= 15 is 0 Å². The fourth-order valence-electron chi connectivity index (χ4n) is 3.50. The number of aryl methyl sites for hydroxylation is 1. The third kappa shape index (κ3) is 5.92. The zero-order valence-corrected chi connectivity index (χ0v) is 18.4. The topological polar surface area (TPSA) is 90.0 Å². The average molecular weight is 446 g/mol. The molecular weight excluding hydrogens is 418 g/mol. The van der Waals surface area contributed by atoms with Crippen molar-refractivity contribution in [3.8, 4) is 5.75 Å². The number of nitrogens with zero attached hydrogens (tertiary/aromatic N) is 1. The van der Waals surface area contributed by atoms with Crippen molar-refractivity contribution in [1.82, 2.24) is 4.31 Å². The maximum atomic E-state index is 12.7. The van der Waals surface area contributed by atoms with Gasteiger partial charge >= 0.3 is 5.97 Å². The molecule has 0 amide bonds. The first kappa shape index (κ1) is 23.0. The fraction of sp³-hybridized carbons (Fsp3) is 0.391. The van der Waals surface area contributed by atoms with Gasteiger partial charge in [-0.2, -0.15) is 4.31 Å². The Morgan fingerprint density at radius 2 is 1.65 bits per heavy atom. The van der Waals surface area contributed by atoms with E-state index in [0.717, 1.165) is 24.8 Å². The molecule has 0 saturated carbocycles. The van der Waals surface area contributed by atoms with Crippen LogP contribution >= 0.6 is 0 Å². The summed E-state index contributed by atoms with van der Waals surface area (Å²) in [5.74, 6) is -0.394. The highest BCUT2D eigenvalue weighted by molar-refractivity contribution is 7.89. The van der Waals surface area contributed by atoms with E-state index in [1.807, 2.05) is 0 Å². The van der Waals surface area contributed by atoms with Gasteiger partial charge in [0.15, 0.2) is 6.61 Å². The molecule has 0 aliphatic carbocycles. The van der Waals surface area contributed by atoms with Gasteiger partial charge < -0.3 is 9.47 Å². The van der Waals surface area contributed by atoms with Crippen LogP contribution in [0.4, 0.5) is 0 Å². The molecule has 0 bridgehead atoms. The first-order valence-electron chi connectivity index (χ1n) is 10.3. The highest BCUT2D eigenvalue weighted by Crippen LogP contribution is 2.21. The van der Waals surface area contributed by atoms with Gasteiger partial charge in [-0.15, -0.1) is 0 Å². The molecule has 7 nitrogen and oxygen atoms in total. The minimum absolute atomic E-state index is 0.0947. The van der Waals surface area contributed by atoms with Gasteiger partial charge in [0.05, 0.1) is 17.6 Å². The maximum Gasteiger partial charge on any atom is 0.306 e. The number of para-hydroxylation sites is 1. The van der Waals surface area contributed by atoms with Crippen LogP contribution < -0.4 is 4.74 Å². The van der Waals surface area contributed by atoms with Crippen molar-refractivity contribution in [2.45, 2.75) is 37.0 Å². The van der Waals surface area contributed by atoms with Crippen molar-refractivity contribution in [3.05, 3.63) is 59.7 Å². The number of piperidine rings is 1. The quantitative estimate of drug-likeness (QED) is 0.435. The second-order valence-electron chi connectivity index (χ2n) is 7.39. The SMILES string of the molecule is COc1ccccc1C(=O)COC(=O)CCc1ccc(S(=O)(=O)N2CCCCC2)cc1. The van der Waals surface area contributed by atoms with E-state index in [1.54, 1.807) is 48.5 Å². The smallest absolute Gasteiger partial charge is 0.306 e. The molecule has 8 heteroatoms. The van der Waals surface area contributed by atoms with Crippen LogP contribution in [-0.2, 0) is 26.0 Å². The number of ether oxygens (including phenoxy) is 2. The van der Waals surface area contributed by atoms with Gasteiger partial charge in [0.25, 0.3) is 0 Å². The maximum absolute atomic E-state index is 12.7. The van der Waals surface area contributed by atoms with E-state index in [-0.39, 0.29) is 23.7 Å². The van der Waals surface area contributed by atoms with E-state index in [9.17, 15) is 18.0 Å². The van der Waals surface area contributed by atoms with Gasteiger partial charge in [-0.3, -0.25) is 9.59 Å². The normalized spacial score (nSPS) is 14.7. The van der Waals surface area contributed by atoms with Crippen molar-refractivity contribution in [2.75, 3.05) is 26.8 Å². The Balaban J connectivity index is 1.49. The minimum Gasteiger partial charge on any atom is -0.496 e. The number of sulfonamides is 1. The molecule has 0 radical (unpaired) electrons. The lowest BCUT2D eigenvalue weighted by Crippen LogP contribution is -2.35. The zero-order chi connectivity index (χ0) is 22.3. The number of benzene rings is 2. The Bertz CT molecular complexity index is 1010. The third-order valence-corrected chi connectivity index (χ3v) is 7.18. The number of Topliss-reactive ketones (excluding diaryl/α,β-unsaturated/α-hetero) is 1. The van der Waals surface area contributed by atoms with Crippen LogP contribution in [0.25, 0.3) is 0 Å². The van der Waals surface area contributed by atoms with Gasteiger partial charge in [-0.1, -0.05) is 30.7 Å². The van der Waals surface area contributed by atoms with E-state index in [0.29, 0.717) is 30.8 Å². The molecule has 0 unspecified atom stereocenters. The zero-order valence-electron chi connectivity index (χ0n) is 17.6. The van der Waals surface area contributed by atoms with Crippen LogP contribution in [0.5, 0.6) is 5.75 Å². The van der Waals surface area contributed by atoms with Crippen LogP contribution in [0.15, 0.2) is 53.4 Å². The fourth-order valence-corrected chi connectivity index (χ4v) is 5.02. The summed E-state index contributed by atoms with van der Waals surface area (Å²) in [5.41, 5.74) is 1.19. The van der Waals surface area contributed by atoms with Gasteiger partial charge in [-0.05, 0) is 49.1 Å². The number of methoxy groups -OCH3 is 1. The van der Waals surface area contributed by atoms with Crippen molar-refractivity contribution >= 4 is 21.8 Å². The summed E-state index contributed by atoms with van der Waals surface area (Å²) in [7, 11) is -1.99. The monoisotopic (exact) mass is 445 g/mol. The van der Waals surface area contributed by atoms with Gasteiger partial charge in [0.2, 0.25) is 15.8 Å². The number of carbonyl (C=O) groups excluding carboxylic acids is 2. The van der Waals surface area contributed by atoms with Crippen LogP contribution in [0.3, 0.4) is 0 Å². The molecule has 3 rings (SSSR count). The molecule has 2 aromatic carbocycles. The molecule has 1 saturated heterocycles. The van der Waals surface area contributed by atoms with Gasteiger partial charge in [0.1, 0.15) is 5.75 Å². The molecule has 1 aliphatic rings. The van der Waals surface area contributed by atoms with E-state index in [4.69, 9.17) is 9.47 Å². The Labute approximate surface area is 183 Å². The number of esters is 1. The standard InChI is InChI=1S/C23H27NO6S/c1-29-22-8-4-3-7-20(22)21(25)17-30-23(26)14-11-18-9-12-19(13-10-18)31(27,28)24-15-5-2-6-16-24/h3-4,7-10,12-13H,2,5-6,11,14-17H2,1H3. The molecule has 0 N–H and O–H groups in total. The molecule has 1 aliphatic heterocycles. The van der Waals surface area contributed by atoms with Crippen LogP contribution in [0.1, 0.15) is 41.6 Å². The second-order valence-corrected chi connectivity index (χ2v) is 9.33. The Hall–Kier alpha value is -2.71. The lowest BCUT2D eigenvalue weighted by molar-refractivity contribution is -0.142. The molecule has 1 fully saturated rings. The highest BCUT2D eigenvalue weighted by atomic mass is 32.2. The number of carbonyl (C=O) groups is 2. The predicted molar refractivity (Wildman–Crippen MR) is 116 cm³/mol. The van der Waals surface area contributed by atoms with Crippen molar-refractivity contribution in [3.63, 3.8) is 0 Å². The summed E-state index contributed by atoms with van der Waals surface area (Å²) in [6.07, 6.45) is 3.33. The highest BCUT2D eigenvalue weighted by Gasteiger charge is 2.25. The van der Waals surface area contributed by atoms with E-state index < -0.39 is 16.0 Å². The molecule has 2 aromatic rings. The van der Waals surface area contributed by atoms with Gasteiger partial charge in [0, 0.05) is 19.5 Å². The third-order valence-electron chi connectivity index (χ3n) is 5.27. The van der Waals surface area contributed by atoms with E-state index in [1.165, 1.54) is 11.4 Å². The van der Waals surface area contributed by atoms with Crippen LogP contribution in [-0.4, -0.2) is 51.3 Å². The summed E-state index contributed by atoms with van der Waals surface area (Å²) in [5, 5.41) is 0. The number of rotatable bonds is 9. The lowest BCUT2D eigenvalue weighted by atomic mass is 10.1. The summed E-state index contributed by atoms with van der Waals surface area (Å²) in [6, 6.07) is 13.3. The second kappa shape index (κ2) is 10.5. The van der Waals surface area contributed by atoms with Crippen molar-refractivity contribution < 1.29 is 27.5 Å². The Morgan fingerprint density at radius 1 is 0.968 bits per heavy atom. The Kier molecular flexibility index (Phi) is 7.81. The predicted octanol–water partition coefficient (Wildman–Crippen LogP) is 3.23. The number of hydrogen-bond donors (Lipinski definition) is 0. The summed E-state index contributed by atoms with van der Waals surface area (Å²) >= 11 is 0. The minimum atomic E-state index is -3.47. The van der Waals surface area contributed by atoms with Gasteiger partial charge in [-0.25, -0.2) is 8.42 Å². The average Bonchev–Trinajstić information content (AvgIpc) is 2.82. The first-order valence-corrected chi connectivity index (χ1v) is 11.8. The Morgan fingerprint density at radius 3 is 2.32 bits per heavy atom. The largest absolute Gasteiger partial charge is 0.496 e. The summed E-state index contributed by atoms with van der Waals surface area (Å²) < 4.78 is 37.1. The molecular formula is C23H27NO6S. The molecule has 0 aromatic heterocycles.